The number of likely N-dealkylation sites (tertiary alicyclic amines) is 1. The van der Waals surface area contributed by atoms with Crippen LogP contribution < -0.4 is 15.2 Å². The number of benzene rings is 1. The first-order chi connectivity index (χ1) is 9.95. The Labute approximate surface area is 128 Å². The lowest BCUT2D eigenvalue weighted by molar-refractivity contribution is 0.126. The molecular formula is C17H28N2O2. The largest absolute Gasteiger partial charge is 0.497 e. The zero-order valence-corrected chi connectivity index (χ0v) is 13.7. The lowest BCUT2D eigenvalue weighted by Gasteiger charge is -2.38. The molecule has 1 aliphatic rings. The molecule has 2 N–H and O–H groups in total. The Morgan fingerprint density at radius 1 is 1.19 bits per heavy atom. The van der Waals surface area contributed by atoms with Gasteiger partial charge in [-0.2, -0.15) is 0 Å². The van der Waals surface area contributed by atoms with Crippen LogP contribution in [0.4, 0.5) is 0 Å². The predicted octanol–water partition coefficient (Wildman–Crippen LogP) is 2.83. The lowest BCUT2D eigenvalue weighted by Crippen LogP contribution is -2.41. The minimum atomic E-state index is -0.0351. The maximum atomic E-state index is 6.40. The highest BCUT2D eigenvalue weighted by Crippen LogP contribution is 2.32. The van der Waals surface area contributed by atoms with Gasteiger partial charge in [0.15, 0.2) is 0 Å². The second-order valence-electron chi connectivity index (χ2n) is 6.68. The molecule has 1 fully saturated rings. The SMILES string of the molecule is COc1ccc(C(N)CN2CCC(C)(C)CC2)c(OC)c1. The summed E-state index contributed by atoms with van der Waals surface area (Å²) in [6, 6.07) is 5.81. The van der Waals surface area contributed by atoms with Gasteiger partial charge in [-0.25, -0.2) is 0 Å². The third-order valence-electron chi connectivity index (χ3n) is 4.50. The Bertz CT molecular complexity index is 464. The molecule has 1 atom stereocenters. The van der Waals surface area contributed by atoms with Crippen molar-refractivity contribution in [1.82, 2.24) is 4.90 Å². The summed E-state index contributed by atoms with van der Waals surface area (Å²) < 4.78 is 10.7. The van der Waals surface area contributed by atoms with Gasteiger partial charge in [0.2, 0.25) is 0 Å². The Balaban J connectivity index is 2.02. The summed E-state index contributed by atoms with van der Waals surface area (Å²) in [4.78, 5) is 2.46. The van der Waals surface area contributed by atoms with Crippen molar-refractivity contribution in [2.75, 3.05) is 33.9 Å². The molecule has 0 radical (unpaired) electrons. The molecule has 118 valence electrons. The van der Waals surface area contributed by atoms with E-state index in [1.54, 1.807) is 14.2 Å². The molecule has 1 saturated heterocycles. The van der Waals surface area contributed by atoms with Crippen molar-refractivity contribution in [3.63, 3.8) is 0 Å². The first-order valence-electron chi connectivity index (χ1n) is 7.65. The second-order valence-corrected chi connectivity index (χ2v) is 6.68. The number of nitrogens with two attached hydrogens (primary N) is 1. The number of nitrogens with zero attached hydrogens (tertiary/aromatic N) is 1. The van der Waals surface area contributed by atoms with Gasteiger partial charge < -0.3 is 20.1 Å². The van der Waals surface area contributed by atoms with Gasteiger partial charge in [-0.15, -0.1) is 0 Å². The molecule has 0 aliphatic carbocycles. The Kier molecular flexibility index (Phi) is 5.12. The van der Waals surface area contributed by atoms with Crippen LogP contribution in [0.3, 0.4) is 0 Å². The molecular weight excluding hydrogens is 264 g/mol. The molecule has 4 nitrogen and oxygen atoms in total. The van der Waals surface area contributed by atoms with Crippen LogP contribution >= 0.6 is 0 Å². The van der Waals surface area contributed by atoms with Crippen LogP contribution in [0.25, 0.3) is 0 Å². The van der Waals surface area contributed by atoms with E-state index >= 15 is 0 Å². The molecule has 0 spiro atoms. The lowest BCUT2D eigenvalue weighted by atomic mass is 9.82. The molecule has 2 rings (SSSR count). The summed E-state index contributed by atoms with van der Waals surface area (Å²) in [7, 11) is 3.33. The molecule has 0 bridgehead atoms. The summed E-state index contributed by atoms with van der Waals surface area (Å²) in [5.41, 5.74) is 7.91. The number of hydrogen-bond acceptors (Lipinski definition) is 4. The van der Waals surface area contributed by atoms with E-state index in [0.29, 0.717) is 5.41 Å². The van der Waals surface area contributed by atoms with Crippen molar-refractivity contribution >= 4 is 0 Å². The number of hydrogen-bond donors (Lipinski definition) is 1. The molecule has 1 heterocycles. The van der Waals surface area contributed by atoms with Gasteiger partial charge in [0.1, 0.15) is 11.5 Å². The van der Waals surface area contributed by atoms with Crippen molar-refractivity contribution < 1.29 is 9.47 Å². The highest BCUT2D eigenvalue weighted by molar-refractivity contribution is 5.42. The average molecular weight is 292 g/mol. The molecule has 0 amide bonds. The standard InChI is InChI=1S/C17H28N2O2/c1-17(2)7-9-19(10-8-17)12-15(18)14-6-5-13(20-3)11-16(14)21-4/h5-6,11,15H,7-10,12,18H2,1-4H3. The molecule has 1 aromatic carbocycles. The summed E-state index contributed by atoms with van der Waals surface area (Å²) in [6.45, 7) is 7.81. The van der Waals surface area contributed by atoms with Crippen LogP contribution in [0.5, 0.6) is 11.5 Å². The molecule has 0 aromatic heterocycles. The van der Waals surface area contributed by atoms with E-state index in [2.05, 4.69) is 18.7 Å². The first-order valence-corrected chi connectivity index (χ1v) is 7.65. The van der Waals surface area contributed by atoms with Crippen LogP contribution in [0, 0.1) is 5.41 Å². The minimum Gasteiger partial charge on any atom is -0.497 e. The van der Waals surface area contributed by atoms with E-state index in [0.717, 1.165) is 36.7 Å². The van der Waals surface area contributed by atoms with Crippen molar-refractivity contribution in [1.29, 1.82) is 0 Å². The predicted molar refractivity (Wildman–Crippen MR) is 85.9 cm³/mol. The summed E-state index contributed by atoms with van der Waals surface area (Å²) in [5.74, 6) is 1.60. The molecule has 4 heteroatoms. The van der Waals surface area contributed by atoms with Crippen molar-refractivity contribution in [2.24, 2.45) is 11.1 Å². The minimum absolute atomic E-state index is 0.0351. The van der Waals surface area contributed by atoms with E-state index in [-0.39, 0.29) is 6.04 Å². The van der Waals surface area contributed by atoms with Crippen LogP contribution in [0.1, 0.15) is 38.3 Å². The molecule has 0 saturated carbocycles. The van der Waals surface area contributed by atoms with Crippen LogP contribution in [-0.2, 0) is 0 Å². The number of ether oxygens (including phenoxy) is 2. The summed E-state index contributed by atoms with van der Waals surface area (Å²) in [5, 5.41) is 0. The van der Waals surface area contributed by atoms with Gasteiger partial charge >= 0.3 is 0 Å². The molecule has 1 aliphatic heterocycles. The third-order valence-corrected chi connectivity index (χ3v) is 4.50. The van der Waals surface area contributed by atoms with Gasteiger partial charge in [0, 0.05) is 24.2 Å². The van der Waals surface area contributed by atoms with Gasteiger partial charge in [0.05, 0.1) is 14.2 Å². The van der Waals surface area contributed by atoms with Crippen molar-refractivity contribution in [2.45, 2.75) is 32.7 Å². The van der Waals surface area contributed by atoms with Gasteiger partial charge in [0.25, 0.3) is 0 Å². The Morgan fingerprint density at radius 3 is 2.43 bits per heavy atom. The monoisotopic (exact) mass is 292 g/mol. The maximum Gasteiger partial charge on any atom is 0.127 e. The maximum absolute atomic E-state index is 6.40. The van der Waals surface area contributed by atoms with Crippen molar-refractivity contribution in [3.8, 4) is 11.5 Å². The van der Waals surface area contributed by atoms with Crippen LogP contribution in [-0.4, -0.2) is 38.8 Å². The van der Waals surface area contributed by atoms with Crippen LogP contribution in [0.15, 0.2) is 18.2 Å². The molecule has 21 heavy (non-hydrogen) atoms. The third kappa shape index (κ3) is 4.11. The molecule has 1 unspecified atom stereocenters. The van der Waals surface area contributed by atoms with Gasteiger partial charge in [-0.3, -0.25) is 0 Å². The fraction of sp³-hybridized carbons (Fsp3) is 0.647. The zero-order chi connectivity index (χ0) is 15.5. The highest BCUT2D eigenvalue weighted by atomic mass is 16.5. The quantitative estimate of drug-likeness (QED) is 0.906. The Morgan fingerprint density at radius 2 is 1.86 bits per heavy atom. The topological polar surface area (TPSA) is 47.7 Å². The van der Waals surface area contributed by atoms with Gasteiger partial charge in [-0.1, -0.05) is 19.9 Å². The number of methoxy groups -OCH3 is 2. The van der Waals surface area contributed by atoms with E-state index in [1.165, 1.54) is 12.8 Å². The molecule has 1 aromatic rings. The smallest absolute Gasteiger partial charge is 0.127 e. The average Bonchev–Trinajstić information content (AvgIpc) is 2.48. The highest BCUT2D eigenvalue weighted by Gasteiger charge is 2.26. The fourth-order valence-electron chi connectivity index (χ4n) is 2.84. The second kappa shape index (κ2) is 6.67. The van der Waals surface area contributed by atoms with Crippen LogP contribution in [0.2, 0.25) is 0 Å². The normalized spacial score (nSPS) is 20.0. The van der Waals surface area contributed by atoms with E-state index in [1.807, 2.05) is 18.2 Å². The van der Waals surface area contributed by atoms with E-state index < -0.39 is 0 Å². The Hall–Kier alpha value is -1.26. The number of piperidine rings is 1. The first kappa shape index (κ1) is 16.1. The van der Waals surface area contributed by atoms with Gasteiger partial charge in [-0.05, 0) is 37.4 Å². The van der Waals surface area contributed by atoms with E-state index in [9.17, 15) is 0 Å². The summed E-state index contributed by atoms with van der Waals surface area (Å²) in [6.07, 6.45) is 2.47. The van der Waals surface area contributed by atoms with E-state index in [4.69, 9.17) is 15.2 Å². The zero-order valence-electron chi connectivity index (χ0n) is 13.7. The van der Waals surface area contributed by atoms with Crippen molar-refractivity contribution in [3.05, 3.63) is 23.8 Å². The summed E-state index contributed by atoms with van der Waals surface area (Å²) >= 11 is 0. The number of rotatable bonds is 5. The fourth-order valence-corrected chi connectivity index (χ4v) is 2.84.